The maximum absolute atomic E-state index is 12.8. The third kappa shape index (κ3) is 3.36. The smallest absolute Gasteiger partial charge is 0.254 e. The van der Waals surface area contributed by atoms with Gasteiger partial charge in [0.1, 0.15) is 17.9 Å². The van der Waals surface area contributed by atoms with Crippen molar-refractivity contribution in [3.8, 4) is 11.8 Å². The van der Waals surface area contributed by atoms with Gasteiger partial charge in [0.2, 0.25) is 10.0 Å². The lowest BCUT2D eigenvalue weighted by Crippen LogP contribution is -2.31. The molecule has 0 spiro atoms. The van der Waals surface area contributed by atoms with E-state index in [0.717, 1.165) is 5.69 Å². The molecule has 0 bridgehead atoms. The Morgan fingerprint density at radius 2 is 2.00 bits per heavy atom. The van der Waals surface area contributed by atoms with Crippen LogP contribution in [0.5, 0.6) is 5.75 Å². The molecule has 7 nitrogen and oxygen atoms in total. The number of nitriles is 1. The third-order valence-electron chi connectivity index (χ3n) is 4.51. The van der Waals surface area contributed by atoms with Crippen molar-refractivity contribution in [1.29, 1.82) is 5.26 Å². The lowest BCUT2D eigenvalue weighted by Gasteiger charge is -2.18. The van der Waals surface area contributed by atoms with Crippen molar-refractivity contribution in [2.75, 3.05) is 13.1 Å². The summed E-state index contributed by atoms with van der Waals surface area (Å²) in [5.74, 6) is 0.437. The summed E-state index contributed by atoms with van der Waals surface area (Å²) >= 11 is 0. The van der Waals surface area contributed by atoms with Gasteiger partial charge < -0.3 is 9.30 Å². The average molecular weight is 373 g/mol. The fraction of sp³-hybridized carbons (Fsp3) is 0.333. The molecular formula is C18H19N3O4S. The van der Waals surface area contributed by atoms with Crippen LogP contribution < -0.4 is 10.3 Å². The van der Waals surface area contributed by atoms with Crippen LogP contribution in [0, 0.1) is 18.3 Å². The molecule has 2 heterocycles. The van der Waals surface area contributed by atoms with Crippen molar-refractivity contribution in [2.45, 2.75) is 24.3 Å². The van der Waals surface area contributed by atoms with Gasteiger partial charge in [0, 0.05) is 25.4 Å². The van der Waals surface area contributed by atoms with Crippen molar-refractivity contribution < 1.29 is 13.2 Å². The molecule has 2 aromatic rings. The molecule has 26 heavy (non-hydrogen) atoms. The van der Waals surface area contributed by atoms with Gasteiger partial charge in [0.25, 0.3) is 5.56 Å². The molecule has 136 valence electrons. The van der Waals surface area contributed by atoms with E-state index in [2.05, 4.69) is 0 Å². The normalized spacial score (nSPS) is 17.8. The Labute approximate surface area is 152 Å². The first-order chi connectivity index (χ1) is 12.3. The number of hydrogen-bond donors (Lipinski definition) is 0. The Morgan fingerprint density at radius 1 is 1.27 bits per heavy atom. The fourth-order valence-corrected chi connectivity index (χ4v) is 4.56. The van der Waals surface area contributed by atoms with Gasteiger partial charge in [-0.05, 0) is 31.5 Å². The third-order valence-corrected chi connectivity index (χ3v) is 6.44. The Balaban J connectivity index is 1.78. The molecule has 1 aliphatic rings. The number of pyridine rings is 1. The Bertz CT molecular complexity index is 1040. The van der Waals surface area contributed by atoms with Crippen LogP contribution in [0.25, 0.3) is 0 Å². The Hall–Kier alpha value is -2.63. The summed E-state index contributed by atoms with van der Waals surface area (Å²) in [5, 5.41) is 9.16. The van der Waals surface area contributed by atoms with Crippen LogP contribution in [-0.4, -0.2) is 36.5 Å². The first kappa shape index (κ1) is 18.2. The van der Waals surface area contributed by atoms with Gasteiger partial charge in [-0.25, -0.2) is 8.42 Å². The van der Waals surface area contributed by atoms with Gasteiger partial charge in [0.05, 0.1) is 17.0 Å². The number of rotatable bonds is 4. The van der Waals surface area contributed by atoms with Crippen molar-refractivity contribution in [3.63, 3.8) is 0 Å². The van der Waals surface area contributed by atoms with Crippen LogP contribution >= 0.6 is 0 Å². The standard InChI is InChI=1S/C18H19N3O4S/c1-13-9-16(10-18(22)20(13)2)25-15-7-8-21(12-15)26(23,24)17-6-4-3-5-14(17)11-19/h3-6,9-10,15H,7-8,12H2,1-2H3/t15-/m1/s1. The predicted molar refractivity (Wildman–Crippen MR) is 95.4 cm³/mol. The topological polar surface area (TPSA) is 92.4 Å². The molecule has 0 radical (unpaired) electrons. The van der Waals surface area contributed by atoms with E-state index in [1.54, 1.807) is 32.2 Å². The van der Waals surface area contributed by atoms with Gasteiger partial charge in [-0.2, -0.15) is 9.57 Å². The lowest BCUT2D eigenvalue weighted by atomic mass is 10.2. The molecule has 1 saturated heterocycles. The second-order valence-corrected chi connectivity index (χ2v) is 8.14. The van der Waals surface area contributed by atoms with E-state index in [1.807, 2.05) is 6.07 Å². The van der Waals surface area contributed by atoms with Gasteiger partial charge >= 0.3 is 0 Å². The zero-order chi connectivity index (χ0) is 18.9. The molecule has 3 rings (SSSR count). The van der Waals surface area contributed by atoms with Crippen LogP contribution in [-0.2, 0) is 17.1 Å². The summed E-state index contributed by atoms with van der Waals surface area (Å²) in [7, 11) is -2.09. The molecule has 0 aliphatic carbocycles. The molecule has 8 heteroatoms. The molecule has 1 fully saturated rings. The minimum atomic E-state index is -3.76. The van der Waals surface area contributed by atoms with Gasteiger partial charge in [-0.3, -0.25) is 4.79 Å². The second-order valence-electron chi connectivity index (χ2n) is 6.23. The van der Waals surface area contributed by atoms with E-state index in [9.17, 15) is 13.2 Å². The summed E-state index contributed by atoms with van der Waals surface area (Å²) in [6, 6.07) is 11.2. The van der Waals surface area contributed by atoms with Crippen molar-refractivity contribution in [2.24, 2.45) is 7.05 Å². The first-order valence-electron chi connectivity index (χ1n) is 8.16. The van der Waals surface area contributed by atoms with E-state index in [-0.39, 0.29) is 28.7 Å². The summed E-state index contributed by atoms with van der Waals surface area (Å²) in [5.41, 5.74) is 0.711. The number of sulfonamides is 1. The highest BCUT2D eigenvalue weighted by Crippen LogP contribution is 2.25. The predicted octanol–water partition coefficient (Wildman–Crippen LogP) is 1.41. The van der Waals surface area contributed by atoms with Gasteiger partial charge in [0.15, 0.2) is 0 Å². The zero-order valence-electron chi connectivity index (χ0n) is 14.5. The van der Waals surface area contributed by atoms with Crippen molar-refractivity contribution in [1.82, 2.24) is 8.87 Å². The van der Waals surface area contributed by atoms with Gasteiger partial charge in [-0.15, -0.1) is 0 Å². The van der Waals surface area contributed by atoms with Crippen molar-refractivity contribution >= 4 is 10.0 Å². The average Bonchev–Trinajstić information content (AvgIpc) is 3.09. The molecule has 1 aliphatic heterocycles. The molecule has 1 atom stereocenters. The van der Waals surface area contributed by atoms with E-state index >= 15 is 0 Å². The lowest BCUT2D eigenvalue weighted by molar-refractivity contribution is 0.214. The van der Waals surface area contributed by atoms with Gasteiger partial charge in [-0.1, -0.05) is 12.1 Å². The first-order valence-corrected chi connectivity index (χ1v) is 9.60. The van der Waals surface area contributed by atoms with Crippen LogP contribution in [0.3, 0.4) is 0 Å². The maximum atomic E-state index is 12.8. The Morgan fingerprint density at radius 3 is 2.69 bits per heavy atom. The highest BCUT2D eigenvalue weighted by atomic mass is 32.2. The molecule has 1 aromatic carbocycles. The number of hydrogen-bond acceptors (Lipinski definition) is 5. The largest absolute Gasteiger partial charge is 0.489 e. The van der Waals surface area contributed by atoms with E-state index < -0.39 is 10.0 Å². The van der Waals surface area contributed by atoms with Crippen LogP contribution in [0.1, 0.15) is 17.7 Å². The Kier molecular flexibility index (Phi) is 4.85. The number of nitrogens with zero attached hydrogens (tertiary/aromatic N) is 3. The monoisotopic (exact) mass is 373 g/mol. The molecule has 0 amide bonds. The van der Waals surface area contributed by atoms with Crippen LogP contribution in [0.4, 0.5) is 0 Å². The number of aromatic nitrogens is 1. The quantitative estimate of drug-likeness (QED) is 0.808. The summed E-state index contributed by atoms with van der Waals surface area (Å²) in [6.45, 7) is 2.28. The number of aryl methyl sites for hydroxylation is 1. The van der Waals surface area contributed by atoms with Crippen molar-refractivity contribution in [3.05, 3.63) is 58.0 Å². The van der Waals surface area contributed by atoms with Crippen LogP contribution in [0.2, 0.25) is 0 Å². The SMILES string of the molecule is Cc1cc(O[C@@H]2CCN(S(=O)(=O)c3ccccc3C#N)C2)cc(=O)n1C. The zero-order valence-corrected chi connectivity index (χ0v) is 15.4. The molecule has 0 unspecified atom stereocenters. The van der Waals surface area contributed by atoms with E-state index in [0.29, 0.717) is 18.7 Å². The second kappa shape index (κ2) is 6.94. The number of ether oxygens (including phenoxy) is 1. The van der Waals surface area contributed by atoms with E-state index in [4.69, 9.17) is 10.00 Å². The van der Waals surface area contributed by atoms with E-state index in [1.165, 1.54) is 27.1 Å². The molecular weight excluding hydrogens is 354 g/mol. The minimum absolute atomic E-state index is 0.00701. The molecule has 1 aromatic heterocycles. The molecule has 0 saturated carbocycles. The summed E-state index contributed by atoms with van der Waals surface area (Å²) in [6.07, 6.45) is 0.174. The highest BCUT2D eigenvalue weighted by molar-refractivity contribution is 7.89. The highest BCUT2D eigenvalue weighted by Gasteiger charge is 2.34. The fourth-order valence-electron chi connectivity index (χ4n) is 2.93. The van der Waals surface area contributed by atoms with Crippen LogP contribution in [0.15, 0.2) is 46.1 Å². The maximum Gasteiger partial charge on any atom is 0.254 e. The summed E-state index contributed by atoms with van der Waals surface area (Å²) < 4.78 is 34.3. The summed E-state index contributed by atoms with van der Waals surface area (Å²) in [4.78, 5) is 11.9. The number of benzene rings is 1. The molecule has 0 N–H and O–H groups in total. The minimum Gasteiger partial charge on any atom is -0.489 e.